The standard InChI is InChI=1S/C16H32N4O/c1-14(20-8-4-5-9-20)12-17-15-6-10-19(11-7-15)13-16(21)18(2)3/h14-15,17H,4-13H2,1-3H3. The van der Waals surface area contributed by atoms with E-state index in [4.69, 9.17) is 0 Å². The van der Waals surface area contributed by atoms with E-state index in [0.29, 0.717) is 18.6 Å². The summed E-state index contributed by atoms with van der Waals surface area (Å²) in [7, 11) is 3.66. The van der Waals surface area contributed by atoms with Crippen LogP contribution in [0.4, 0.5) is 0 Å². The molecule has 0 bridgehead atoms. The van der Waals surface area contributed by atoms with Gasteiger partial charge in [-0.05, 0) is 45.7 Å². The Morgan fingerprint density at radius 2 is 1.81 bits per heavy atom. The summed E-state index contributed by atoms with van der Waals surface area (Å²) in [6, 6.07) is 1.28. The second-order valence-electron chi connectivity index (χ2n) is 6.84. The van der Waals surface area contributed by atoms with Gasteiger partial charge in [-0.1, -0.05) is 0 Å². The minimum absolute atomic E-state index is 0.212. The molecule has 0 radical (unpaired) electrons. The Kier molecular flexibility index (Phi) is 6.45. The van der Waals surface area contributed by atoms with Crippen molar-refractivity contribution in [3.05, 3.63) is 0 Å². The van der Waals surface area contributed by atoms with Crippen LogP contribution >= 0.6 is 0 Å². The lowest BCUT2D eigenvalue weighted by atomic mass is 10.0. The highest BCUT2D eigenvalue weighted by molar-refractivity contribution is 5.77. The Hall–Kier alpha value is -0.650. The maximum absolute atomic E-state index is 11.7. The van der Waals surface area contributed by atoms with E-state index in [-0.39, 0.29) is 5.91 Å². The first-order valence-electron chi connectivity index (χ1n) is 8.46. The predicted octanol–water partition coefficient (Wildman–Crippen LogP) is 0.613. The second kappa shape index (κ2) is 8.11. The molecule has 1 amide bonds. The van der Waals surface area contributed by atoms with Gasteiger partial charge in [0.15, 0.2) is 0 Å². The number of likely N-dealkylation sites (tertiary alicyclic amines) is 2. The Bertz CT molecular complexity index is 320. The Morgan fingerprint density at radius 1 is 1.19 bits per heavy atom. The molecule has 0 aromatic rings. The molecule has 2 fully saturated rings. The number of nitrogens with one attached hydrogen (secondary N) is 1. The van der Waals surface area contributed by atoms with Crippen molar-refractivity contribution >= 4 is 5.91 Å². The van der Waals surface area contributed by atoms with Crippen molar-refractivity contribution in [1.82, 2.24) is 20.0 Å². The van der Waals surface area contributed by atoms with E-state index in [0.717, 1.165) is 32.5 Å². The number of likely N-dealkylation sites (N-methyl/N-ethyl adjacent to an activating group) is 1. The second-order valence-corrected chi connectivity index (χ2v) is 6.84. The third-order valence-electron chi connectivity index (χ3n) is 4.91. The lowest BCUT2D eigenvalue weighted by Crippen LogP contribution is -2.48. The zero-order valence-corrected chi connectivity index (χ0v) is 14.0. The topological polar surface area (TPSA) is 38.8 Å². The summed E-state index contributed by atoms with van der Waals surface area (Å²) in [4.78, 5) is 18.3. The normalized spacial score (nSPS) is 23.4. The number of rotatable bonds is 6. The smallest absolute Gasteiger partial charge is 0.236 e. The summed E-state index contributed by atoms with van der Waals surface area (Å²) < 4.78 is 0. The lowest BCUT2D eigenvalue weighted by molar-refractivity contribution is -0.130. The minimum atomic E-state index is 0.212. The van der Waals surface area contributed by atoms with Gasteiger partial charge in [-0.25, -0.2) is 0 Å². The third-order valence-corrected chi connectivity index (χ3v) is 4.91. The molecule has 2 saturated heterocycles. The van der Waals surface area contributed by atoms with Gasteiger partial charge in [0.1, 0.15) is 0 Å². The quantitative estimate of drug-likeness (QED) is 0.780. The summed E-state index contributed by atoms with van der Waals surface area (Å²) in [6.07, 6.45) is 5.05. The zero-order chi connectivity index (χ0) is 15.2. The molecule has 0 saturated carbocycles. The summed E-state index contributed by atoms with van der Waals surface area (Å²) in [5, 5.41) is 3.73. The molecule has 5 heteroatoms. The van der Waals surface area contributed by atoms with E-state index in [1.165, 1.54) is 25.9 Å². The molecule has 21 heavy (non-hydrogen) atoms. The van der Waals surface area contributed by atoms with Gasteiger partial charge in [0.2, 0.25) is 5.91 Å². The van der Waals surface area contributed by atoms with Crippen molar-refractivity contribution in [3.63, 3.8) is 0 Å². The van der Waals surface area contributed by atoms with Crippen LogP contribution in [0.3, 0.4) is 0 Å². The zero-order valence-electron chi connectivity index (χ0n) is 14.0. The van der Waals surface area contributed by atoms with Gasteiger partial charge in [-0.2, -0.15) is 0 Å². The average Bonchev–Trinajstić information content (AvgIpc) is 3.00. The molecule has 5 nitrogen and oxygen atoms in total. The van der Waals surface area contributed by atoms with Gasteiger partial charge in [-0.15, -0.1) is 0 Å². The van der Waals surface area contributed by atoms with Gasteiger partial charge >= 0.3 is 0 Å². The van der Waals surface area contributed by atoms with Gasteiger partial charge < -0.3 is 10.2 Å². The van der Waals surface area contributed by atoms with Crippen LogP contribution in [0.15, 0.2) is 0 Å². The number of carbonyl (C=O) groups is 1. The SMILES string of the molecule is CC(CNC1CCN(CC(=O)N(C)C)CC1)N1CCCC1. The average molecular weight is 296 g/mol. The van der Waals surface area contributed by atoms with E-state index in [9.17, 15) is 4.79 Å². The molecular weight excluding hydrogens is 264 g/mol. The number of piperidine rings is 1. The lowest BCUT2D eigenvalue weighted by Gasteiger charge is -2.34. The van der Waals surface area contributed by atoms with Crippen LogP contribution in [0, 0.1) is 0 Å². The van der Waals surface area contributed by atoms with Gasteiger partial charge in [0, 0.05) is 45.8 Å². The van der Waals surface area contributed by atoms with Crippen molar-refractivity contribution in [2.24, 2.45) is 0 Å². The molecule has 122 valence electrons. The Balaban J connectivity index is 1.61. The van der Waals surface area contributed by atoms with E-state index in [1.807, 2.05) is 14.1 Å². The summed E-state index contributed by atoms with van der Waals surface area (Å²) >= 11 is 0. The number of hydrogen-bond acceptors (Lipinski definition) is 4. The molecule has 0 aromatic heterocycles. The van der Waals surface area contributed by atoms with Crippen molar-refractivity contribution in [1.29, 1.82) is 0 Å². The van der Waals surface area contributed by atoms with E-state index < -0.39 is 0 Å². The van der Waals surface area contributed by atoms with Gasteiger partial charge in [0.05, 0.1) is 6.54 Å². The molecule has 1 N–H and O–H groups in total. The molecule has 0 spiro atoms. The first-order chi connectivity index (χ1) is 10.1. The summed E-state index contributed by atoms with van der Waals surface area (Å²) in [5.41, 5.74) is 0. The number of carbonyl (C=O) groups excluding carboxylic acids is 1. The highest BCUT2D eigenvalue weighted by atomic mass is 16.2. The van der Waals surface area contributed by atoms with Crippen molar-refractivity contribution in [2.75, 3.05) is 53.4 Å². The van der Waals surface area contributed by atoms with Crippen LogP contribution in [-0.2, 0) is 4.79 Å². The van der Waals surface area contributed by atoms with Gasteiger partial charge in [-0.3, -0.25) is 14.6 Å². The molecule has 2 aliphatic rings. The van der Waals surface area contributed by atoms with Crippen LogP contribution in [0.5, 0.6) is 0 Å². The summed E-state index contributed by atoms with van der Waals surface area (Å²) in [6.45, 7) is 8.63. The monoisotopic (exact) mass is 296 g/mol. The fraction of sp³-hybridized carbons (Fsp3) is 0.938. The highest BCUT2D eigenvalue weighted by Gasteiger charge is 2.23. The van der Waals surface area contributed by atoms with Crippen molar-refractivity contribution in [3.8, 4) is 0 Å². The largest absolute Gasteiger partial charge is 0.348 e. The first kappa shape index (κ1) is 16.7. The molecule has 1 atom stereocenters. The van der Waals surface area contributed by atoms with E-state index in [1.54, 1.807) is 4.90 Å². The third kappa shape index (κ3) is 5.24. The first-order valence-corrected chi connectivity index (χ1v) is 8.46. The summed E-state index contributed by atoms with van der Waals surface area (Å²) in [5.74, 6) is 0.212. The van der Waals surface area contributed by atoms with Crippen LogP contribution < -0.4 is 5.32 Å². The van der Waals surface area contributed by atoms with E-state index >= 15 is 0 Å². The molecule has 2 rings (SSSR count). The molecule has 2 aliphatic heterocycles. The van der Waals surface area contributed by atoms with Crippen molar-refractivity contribution < 1.29 is 4.79 Å². The maximum atomic E-state index is 11.7. The van der Waals surface area contributed by atoms with Crippen LogP contribution in [-0.4, -0.2) is 86.1 Å². The van der Waals surface area contributed by atoms with Crippen LogP contribution in [0.1, 0.15) is 32.6 Å². The molecule has 1 unspecified atom stereocenters. The molecule has 0 aromatic carbocycles. The molecule has 2 heterocycles. The highest BCUT2D eigenvalue weighted by Crippen LogP contribution is 2.13. The minimum Gasteiger partial charge on any atom is -0.348 e. The fourth-order valence-electron chi connectivity index (χ4n) is 3.28. The molecule has 0 aliphatic carbocycles. The Morgan fingerprint density at radius 3 is 2.38 bits per heavy atom. The number of hydrogen-bond donors (Lipinski definition) is 1. The van der Waals surface area contributed by atoms with Crippen LogP contribution in [0.2, 0.25) is 0 Å². The van der Waals surface area contributed by atoms with Gasteiger partial charge in [0.25, 0.3) is 0 Å². The van der Waals surface area contributed by atoms with Crippen LogP contribution in [0.25, 0.3) is 0 Å². The van der Waals surface area contributed by atoms with Crippen molar-refractivity contribution in [2.45, 2.75) is 44.7 Å². The Labute approximate surface area is 129 Å². The maximum Gasteiger partial charge on any atom is 0.236 e. The molecular formula is C16H32N4O. The number of amides is 1. The number of nitrogens with zero attached hydrogens (tertiary/aromatic N) is 3. The fourth-order valence-corrected chi connectivity index (χ4v) is 3.28. The van der Waals surface area contributed by atoms with E-state index in [2.05, 4.69) is 22.0 Å². The predicted molar refractivity (Wildman–Crippen MR) is 86.4 cm³/mol.